The molecule has 1 aromatic carbocycles. The van der Waals surface area contributed by atoms with Gasteiger partial charge in [0, 0.05) is 49.8 Å². The predicted octanol–water partition coefficient (Wildman–Crippen LogP) is 4.74. The third-order valence-corrected chi connectivity index (χ3v) is 6.75. The molecule has 0 spiro atoms. The van der Waals surface area contributed by atoms with Gasteiger partial charge in [-0.25, -0.2) is 0 Å². The molecule has 0 unspecified atom stereocenters. The summed E-state index contributed by atoms with van der Waals surface area (Å²) in [6.07, 6.45) is 7.47. The lowest BCUT2D eigenvalue weighted by Crippen LogP contribution is -2.30. The van der Waals surface area contributed by atoms with Crippen molar-refractivity contribution in [2.24, 2.45) is 0 Å². The standard InChI is InChI=1S/C27H25ClN6O2S/c1-36-17-24(35)31-21-10-9-19(14-20(21)28)34-26(25(32-27(34)37)22-7-2-3-12-30-22)23-8-5-13-33(23)16-18-6-4-11-29-15-18/h2-15,25-26H,16-17H2,1H3,(H,31,35)(H,32,37)/t25-,26+/m1/s1. The Morgan fingerprint density at radius 3 is 2.78 bits per heavy atom. The number of anilines is 2. The molecule has 37 heavy (non-hydrogen) atoms. The number of halogens is 1. The highest BCUT2D eigenvalue weighted by Crippen LogP contribution is 2.43. The van der Waals surface area contributed by atoms with Crippen molar-refractivity contribution in [1.29, 1.82) is 0 Å². The van der Waals surface area contributed by atoms with Gasteiger partial charge in [-0.2, -0.15) is 0 Å². The number of hydrogen-bond acceptors (Lipinski definition) is 5. The first-order valence-electron chi connectivity index (χ1n) is 11.7. The molecule has 10 heteroatoms. The molecule has 2 N–H and O–H groups in total. The van der Waals surface area contributed by atoms with Crippen LogP contribution in [-0.2, 0) is 16.1 Å². The van der Waals surface area contributed by atoms with Crippen LogP contribution in [0.4, 0.5) is 11.4 Å². The van der Waals surface area contributed by atoms with Gasteiger partial charge < -0.3 is 24.8 Å². The molecular weight excluding hydrogens is 508 g/mol. The molecular formula is C27H25ClN6O2S. The second kappa shape index (κ2) is 11.1. The Bertz CT molecular complexity index is 1400. The SMILES string of the molecule is COCC(=O)Nc1ccc(N2C(=S)N[C@H](c3ccccn3)[C@@H]2c2cccn2Cc2cccnc2)cc1Cl. The molecule has 3 aromatic heterocycles. The van der Waals surface area contributed by atoms with Gasteiger partial charge in [-0.1, -0.05) is 23.7 Å². The van der Waals surface area contributed by atoms with Crippen LogP contribution in [0.5, 0.6) is 0 Å². The number of benzene rings is 1. The minimum absolute atomic E-state index is 0.0556. The lowest BCUT2D eigenvalue weighted by Gasteiger charge is -2.29. The van der Waals surface area contributed by atoms with Gasteiger partial charge in [0.05, 0.1) is 22.4 Å². The van der Waals surface area contributed by atoms with Gasteiger partial charge in [0.1, 0.15) is 12.6 Å². The quantitative estimate of drug-likeness (QED) is 0.317. The Kier molecular flexibility index (Phi) is 7.45. The van der Waals surface area contributed by atoms with Crippen LogP contribution in [0.3, 0.4) is 0 Å². The topological polar surface area (TPSA) is 84.3 Å². The highest BCUT2D eigenvalue weighted by molar-refractivity contribution is 7.80. The number of rotatable bonds is 8. The van der Waals surface area contributed by atoms with Gasteiger partial charge >= 0.3 is 0 Å². The largest absolute Gasteiger partial charge is 0.375 e. The van der Waals surface area contributed by atoms with Gasteiger partial charge in [0.2, 0.25) is 5.91 Å². The Balaban J connectivity index is 1.54. The van der Waals surface area contributed by atoms with E-state index in [-0.39, 0.29) is 24.6 Å². The highest BCUT2D eigenvalue weighted by atomic mass is 35.5. The summed E-state index contributed by atoms with van der Waals surface area (Å²) >= 11 is 12.4. The summed E-state index contributed by atoms with van der Waals surface area (Å²) in [5, 5.41) is 7.19. The number of pyridine rings is 2. The van der Waals surface area contributed by atoms with Crippen LogP contribution in [0, 0.1) is 0 Å². The molecule has 0 saturated carbocycles. The van der Waals surface area contributed by atoms with Gasteiger partial charge in [-0.05, 0) is 66.3 Å². The number of carbonyl (C=O) groups excluding carboxylic acids is 1. The lowest BCUT2D eigenvalue weighted by atomic mass is 10.0. The van der Waals surface area contributed by atoms with Crippen molar-refractivity contribution >= 4 is 46.2 Å². The molecule has 1 aliphatic heterocycles. The molecule has 0 radical (unpaired) electrons. The summed E-state index contributed by atoms with van der Waals surface area (Å²) < 4.78 is 7.09. The molecule has 1 aliphatic rings. The number of thiocarbonyl (C=S) groups is 1. The van der Waals surface area contributed by atoms with Gasteiger partial charge in [-0.3, -0.25) is 14.8 Å². The van der Waals surface area contributed by atoms with E-state index >= 15 is 0 Å². The first kappa shape index (κ1) is 24.9. The minimum atomic E-state index is -0.281. The van der Waals surface area contributed by atoms with Crippen molar-refractivity contribution < 1.29 is 9.53 Å². The van der Waals surface area contributed by atoms with Crippen LogP contribution in [0.2, 0.25) is 5.02 Å². The number of carbonyl (C=O) groups is 1. The van der Waals surface area contributed by atoms with Crippen molar-refractivity contribution in [1.82, 2.24) is 19.9 Å². The van der Waals surface area contributed by atoms with E-state index in [0.717, 1.165) is 22.6 Å². The second-order valence-electron chi connectivity index (χ2n) is 8.56. The zero-order chi connectivity index (χ0) is 25.8. The predicted molar refractivity (Wildman–Crippen MR) is 148 cm³/mol. The fourth-order valence-electron chi connectivity index (χ4n) is 4.53. The van der Waals surface area contributed by atoms with Gasteiger partial charge in [-0.15, -0.1) is 0 Å². The second-order valence-corrected chi connectivity index (χ2v) is 9.36. The summed E-state index contributed by atoms with van der Waals surface area (Å²) in [4.78, 5) is 22.9. The molecule has 4 heterocycles. The Hall–Kier alpha value is -3.79. The van der Waals surface area contributed by atoms with E-state index < -0.39 is 0 Å². The Labute approximate surface area is 225 Å². The van der Waals surface area contributed by atoms with Crippen LogP contribution < -0.4 is 15.5 Å². The maximum absolute atomic E-state index is 12.0. The molecule has 0 bridgehead atoms. The number of ether oxygens (including phenoxy) is 1. The third kappa shape index (κ3) is 5.34. The average molecular weight is 533 g/mol. The molecule has 2 atom stereocenters. The van der Waals surface area contributed by atoms with E-state index in [0.29, 0.717) is 22.4 Å². The first-order valence-corrected chi connectivity index (χ1v) is 12.5. The minimum Gasteiger partial charge on any atom is -0.375 e. The smallest absolute Gasteiger partial charge is 0.250 e. The van der Waals surface area contributed by atoms with Gasteiger partial charge in [0.25, 0.3) is 0 Å². The monoisotopic (exact) mass is 532 g/mol. The van der Waals surface area contributed by atoms with Crippen molar-refractivity contribution in [3.63, 3.8) is 0 Å². The number of nitrogens with one attached hydrogen (secondary N) is 2. The molecule has 5 rings (SSSR count). The molecule has 0 aliphatic carbocycles. The number of hydrogen-bond donors (Lipinski definition) is 2. The first-order chi connectivity index (χ1) is 18.0. The van der Waals surface area contributed by atoms with Crippen LogP contribution in [-0.4, -0.2) is 39.3 Å². The van der Waals surface area contributed by atoms with Crippen LogP contribution in [0.1, 0.15) is 29.0 Å². The van der Waals surface area contributed by atoms with Crippen LogP contribution >= 0.6 is 23.8 Å². The molecule has 1 fully saturated rings. The summed E-state index contributed by atoms with van der Waals surface area (Å²) in [5.41, 5.74) is 4.32. The normalized spacial score (nSPS) is 17.0. The van der Waals surface area contributed by atoms with Crippen molar-refractivity contribution in [2.45, 2.75) is 18.6 Å². The van der Waals surface area contributed by atoms with Crippen molar-refractivity contribution in [3.05, 3.63) is 107 Å². The van der Waals surface area contributed by atoms with E-state index in [2.05, 4.69) is 48.4 Å². The number of methoxy groups -OCH3 is 1. The van der Waals surface area contributed by atoms with E-state index in [4.69, 9.17) is 28.6 Å². The number of nitrogens with zero attached hydrogens (tertiary/aromatic N) is 4. The van der Waals surface area contributed by atoms with Crippen LogP contribution in [0.15, 0.2) is 85.5 Å². The molecule has 1 saturated heterocycles. The van der Waals surface area contributed by atoms with Crippen molar-refractivity contribution in [3.8, 4) is 0 Å². The van der Waals surface area contributed by atoms with E-state index in [1.807, 2.05) is 42.6 Å². The maximum Gasteiger partial charge on any atom is 0.250 e. The summed E-state index contributed by atoms with van der Waals surface area (Å²) in [6, 6.07) is 19.0. The third-order valence-electron chi connectivity index (χ3n) is 6.12. The van der Waals surface area contributed by atoms with E-state index in [1.165, 1.54) is 7.11 Å². The van der Waals surface area contributed by atoms with E-state index in [1.54, 1.807) is 24.5 Å². The number of aromatic nitrogens is 3. The fraction of sp³-hybridized carbons (Fsp3) is 0.185. The summed E-state index contributed by atoms with van der Waals surface area (Å²) in [5.74, 6) is -0.281. The molecule has 1 amide bonds. The fourth-order valence-corrected chi connectivity index (χ4v) is 5.10. The Morgan fingerprint density at radius 1 is 1.16 bits per heavy atom. The Morgan fingerprint density at radius 2 is 2.05 bits per heavy atom. The number of amides is 1. The maximum atomic E-state index is 12.0. The zero-order valence-electron chi connectivity index (χ0n) is 20.0. The zero-order valence-corrected chi connectivity index (χ0v) is 21.6. The summed E-state index contributed by atoms with van der Waals surface area (Å²) in [6.45, 7) is 0.605. The van der Waals surface area contributed by atoms with Crippen LogP contribution in [0.25, 0.3) is 0 Å². The molecule has 188 valence electrons. The lowest BCUT2D eigenvalue weighted by molar-refractivity contribution is -0.119. The van der Waals surface area contributed by atoms with Gasteiger partial charge in [0.15, 0.2) is 5.11 Å². The summed E-state index contributed by atoms with van der Waals surface area (Å²) in [7, 11) is 1.47. The average Bonchev–Trinajstić information content (AvgIpc) is 3.50. The van der Waals surface area contributed by atoms with E-state index in [9.17, 15) is 4.79 Å². The van der Waals surface area contributed by atoms with Crippen molar-refractivity contribution in [2.75, 3.05) is 23.9 Å². The molecule has 4 aromatic rings. The highest BCUT2D eigenvalue weighted by Gasteiger charge is 2.42. The molecule has 8 nitrogen and oxygen atoms in total.